The lowest BCUT2D eigenvalue weighted by Crippen LogP contribution is -1.94. The minimum Gasteiger partial charge on any atom is -0.309 e. The van der Waals surface area contributed by atoms with Crippen molar-refractivity contribution < 1.29 is 0 Å². The van der Waals surface area contributed by atoms with Crippen LogP contribution in [0.3, 0.4) is 0 Å². The molecule has 50 heavy (non-hydrogen) atoms. The van der Waals surface area contributed by atoms with Gasteiger partial charge in [-0.2, -0.15) is 0 Å². The molecule has 3 heterocycles. The minimum atomic E-state index is 1.10. The topological polar surface area (TPSA) is 22.8 Å². The Morgan fingerprint density at radius 2 is 0.780 bits per heavy atom. The maximum Gasteiger partial charge on any atom is 0.0724 e. The highest BCUT2D eigenvalue weighted by molar-refractivity contribution is 6.12. The average molecular weight is 638 g/mol. The average Bonchev–Trinajstić information content (AvgIpc) is 3.71. The van der Waals surface area contributed by atoms with Gasteiger partial charge < -0.3 is 9.13 Å². The maximum absolute atomic E-state index is 4.53. The number of hydrogen-bond acceptors (Lipinski definition) is 1. The van der Waals surface area contributed by atoms with Crippen molar-refractivity contribution >= 4 is 43.6 Å². The van der Waals surface area contributed by atoms with Gasteiger partial charge in [0.1, 0.15) is 0 Å². The Kier molecular flexibility index (Phi) is 6.49. The van der Waals surface area contributed by atoms with E-state index in [1.807, 2.05) is 12.4 Å². The second-order valence-corrected chi connectivity index (χ2v) is 12.9. The summed E-state index contributed by atoms with van der Waals surface area (Å²) in [6.07, 6.45) is 3.87. The molecule has 7 aromatic carbocycles. The molecule has 0 unspecified atom stereocenters. The molecule has 10 aromatic rings. The zero-order valence-corrected chi connectivity index (χ0v) is 27.2. The van der Waals surface area contributed by atoms with Crippen LogP contribution in [0.4, 0.5) is 0 Å². The quantitative estimate of drug-likeness (QED) is 0.184. The molecular formula is C47H31N3. The van der Waals surface area contributed by atoms with Gasteiger partial charge in [0, 0.05) is 39.1 Å². The van der Waals surface area contributed by atoms with Crippen LogP contribution in [0.25, 0.3) is 88.4 Å². The van der Waals surface area contributed by atoms with E-state index in [-0.39, 0.29) is 0 Å². The molecule has 234 valence electrons. The number of hydrogen-bond donors (Lipinski definition) is 0. The fourth-order valence-corrected chi connectivity index (χ4v) is 7.62. The number of pyridine rings is 1. The van der Waals surface area contributed by atoms with Gasteiger partial charge in [-0.05, 0) is 88.0 Å². The largest absolute Gasteiger partial charge is 0.309 e. The van der Waals surface area contributed by atoms with E-state index in [2.05, 4.69) is 190 Å². The lowest BCUT2D eigenvalue weighted by atomic mass is 10.0. The zero-order valence-electron chi connectivity index (χ0n) is 27.2. The summed E-state index contributed by atoms with van der Waals surface area (Å²) in [7, 11) is 0. The highest BCUT2D eigenvalue weighted by atomic mass is 15.0. The number of rotatable bonds is 5. The Morgan fingerprint density at radius 3 is 1.46 bits per heavy atom. The molecule has 0 saturated carbocycles. The van der Waals surface area contributed by atoms with Gasteiger partial charge in [0.2, 0.25) is 0 Å². The Bertz CT molecular complexity index is 2830. The van der Waals surface area contributed by atoms with Gasteiger partial charge >= 0.3 is 0 Å². The smallest absolute Gasteiger partial charge is 0.0724 e. The second kappa shape index (κ2) is 11.5. The lowest BCUT2D eigenvalue weighted by molar-refractivity contribution is 1.17. The second-order valence-electron chi connectivity index (χ2n) is 12.9. The van der Waals surface area contributed by atoms with Crippen LogP contribution in [0.1, 0.15) is 0 Å². The minimum absolute atomic E-state index is 1.10. The van der Waals surface area contributed by atoms with Gasteiger partial charge in [-0.15, -0.1) is 0 Å². The van der Waals surface area contributed by atoms with Gasteiger partial charge in [-0.3, -0.25) is 4.98 Å². The molecule has 0 atom stereocenters. The van der Waals surface area contributed by atoms with E-state index >= 15 is 0 Å². The molecule has 3 aromatic heterocycles. The fraction of sp³-hybridized carbons (Fsp3) is 0. The van der Waals surface area contributed by atoms with Crippen LogP contribution >= 0.6 is 0 Å². The summed E-state index contributed by atoms with van der Waals surface area (Å²) < 4.78 is 4.73. The molecule has 0 N–H and O–H groups in total. The summed E-state index contributed by atoms with van der Waals surface area (Å²) in [6, 6.07) is 63.5. The van der Waals surface area contributed by atoms with Crippen LogP contribution in [0.15, 0.2) is 188 Å². The summed E-state index contributed by atoms with van der Waals surface area (Å²) >= 11 is 0. The molecular weight excluding hydrogens is 607 g/mol. The molecule has 0 aliphatic carbocycles. The van der Waals surface area contributed by atoms with Crippen molar-refractivity contribution in [2.45, 2.75) is 0 Å². The van der Waals surface area contributed by atoms with Gasteiger partial charge in [-0.25, -0.2) is 0 Å². The predicted molar refractivity (Wildman–Crippen MR) is 209 cm³/mol. The third-order valence-electron chi connectivity index (χ3n) is 10.0. The molecule has 0 aliphatic rings. The SMILES string of the molecule is c1ccc(-c2ccc(-n3c4ccccc4c4cc(-c5ccc6c7ccncc7n(-c7ccc(-c8ccccc8)cc7)c6c5)ccc43)cc2)cc1. The van der Waals surface area contributed by atoms with Crippen molar-refractivity contribution in [2.75, 3.05) is 0 Å². The number of fused-ring (bicyclic) bond motifs is 6. The molecule has 0 radical (unpaired) electrons. The van der Waals surface area contributed by atoms with Crippen molar-refractivity contribution in [1.29, 1.82) is 0 Å². The number of benzene rings is 7. The van der Waals surface area contributed by atoms with E-state index in [9.17, 15) is 0 Å². The molecule has 0 amide bonds. The fourth-order valence-electron chi connectivity index (χ4n) is 7.62. The summed E-state index contributed by atoms with van der Waals surface area (Å²) in [5, 5.41) is 4.91. The molecule has 0 fully saturated rings. The first-order chi connectivity index (χ1) is 24.8. The molecule has 0 aliphatic heterocycles. The highest BCUT2D eigenvalue weighted by Gasteiger charge is 2.16. The van der Waals surface area contributed by atoms with Crippen LogP contribution in [0.5, 0.6) is 0 Å². The van der Waals surface area contributed by atoms with Crippen LogP contribution in [0, 0.1) is 0 Å². The van der Waals surface area contributed by atoms with Crippen molar-refractivity contribution in [3.63, 3.8) is 0 Å². The van der Waals surface area contributed by atoms with Crippen LogP contribution < -0.4 is 0 Å². The van der Waals surface area contributed by atoms with E-state index in [0.29, 0.717) is 0 Å². The number of aromatic nitrogens is 3. The molecule has 10 rings (SSSR count). The first-order valence-electron chi connectivity index (χ1n) is 17.0. The third kappa shape index (κ3) is 4.56. The van der Waals surface area contributed by atoms with Crippen molar-refractivity contribution in [1.82, 2.24) is 14.1 Å². The monoisotopic (exact) mass is 637 g/mol. The van der Waals surface area contributed by atoms with Crippen LogP contribution in [0.2, 0.25) is 0 Å². The van der Waals surface area contributed by atoms with Crippen molar-refractivity contribution in [3.05, 3.63) is 188 Å². The summed E-state index contributed by atoms with van der Waals surface area (Å²) in [5.41, 5.74) is 14.2. The van der Waals surface area contributed by atoms with E-state index in [1.165, 1.54) is 71.5 Å². The van der Waals surface area contributed by atoms with E-state index in [0.717, 1.165) is 16.9 Å². The first kappa shape index (κ1) is 28.3. The molecule has 0 bridgehead atoms. The Balaban J connectivity index is 1.10. The highest BCUT2D eigenvalue weighted by Crippen LogP contribution is 2.38. The van der Waals surface area contributed by atoms with Gasteiger partial charge in [0.05, 0.1) is 28.3 Å². The standard InChI is InChI=1S/C47H31N3/c1-3-9-32(10-4-1)34-15-21-38(22-16-34)49-44-14-8-7-13-40(44)43-29-36(20-26-45(43)49)37-19-25-41-42-27-28-48-31-47(42)50(46(41)30-37)39-23-17-35(18-24-39)33-11-5-2-6-12-33/h1-31H. The first-order valence-corrected chi connectivity index (χ1v) is 17.0. The van der Waals surface area contributed by atoms with Gasteiger partial charge in [0.25, 0.3) is 0 Å². The summed E-state index contributed by atoms with van der Waals surface area (Å²) in [4.78, 5) is 4.53. The number of nitrogens with zero attached hydrogens (tertiary/aromatic N) is 3. The van der Waals surface area contributed by atoms with E-state index in [4.69, 9.17) is 0 Å². The summed E-state index contributed by atoms with van der Waals surface area (Å²) in [6.45, 7) is 0. The zero-order chi connectivity index (χ0) is 33.0. The molecule has 3 heteroatoms. The van der Waals surface area contributed by atoms with E-state index in [1.54, 1.807) is 0 Å². The molecule has 0 spiro atoms. The van der Waals surface area contributed by atoms with Crippen LogP contribution in [-0.2, 0) is 0 Å². The van der Waals surface area contributed by atoms with Gasteiger partial charge in [-0.1, -0.05) is 121 Å². The maximum atomic E-state index is 4.53. The number of para-hydroxylation sites is 1. The molecule has 3 nitrogen and oxygen atoms in total. The third-order valence-corrected chi connectivity index (χ3v) is 10.0. The summed E-state index contributed by atoms with van der Waals surface area (Å²) in [5.74, 6) is 0. The lowest BCUT2D eigenvalue weighted by Gasteiger charge is -2.11. The molecule has 0 saturated heterocycles. The van der Waals surface area contributed by atoms with E-state index < -0.39 is 0 Å². The predicted octanol–water partition coefficient (Wildman–Crippen LogP) is 12.3. The normalized spacial score (nSPS) is 11.6. The van der Waals surface area contributed by atoms with Crippen molar-refractivity contribution in [2.24, 2.45) is 0 Å². The Hall–Kier alpha value is -6.71. The van der Waals surface area contributed by atoms with Crippen LogP contribution in [-0.4, -0.2) is 14.1 Å². The Morgan fingerprint density at radius 1 is 0.300 bits per heavy atom. The Labute approximate surface area is 290 Å². The van der Waals surface area contributed by atoms with Crippen molar-refractivity contribution in [3.8, 4) is 44.8 Å². The van der Waals surface area contributed by atoms with Gasteiger partial charge in [0.15, 0.2) is 0 Å².